The van der Waals surface area contributed by atoms with E-state index in [9.17, 15) is 0 Å². The van der Waals surface area contributed by atoms with Crippen molar-refractivity contribution in [3.63, 3.8) is 0 Å². The lowest BCUT2D eigenvalue weighted by Crippen LogP contribution is -2.32. The highest BCUT2D eigenvalue weighted by Gasteiger charge is 2.21. The van der Waals surface area contributed by atoms with Gasteiger partial charge >= 0.3 is 0 Å². The number of hydrogen-bond donors (Lipinski definition) is 1. The Kier molecular flexibility index (Phi) is 7.20. The summed E-state index contributed by atoms with van der Waals surface area (Å²) in [6.07, 6.45) is 2.71. The molecule has 86 valence electrons. The molecule has 0 amide bonds. The number of ether oxygens (including phenoxy) is 1. The topological polar surface area (TPSA) is 21.3 Å². The predicted molar refractivity (Wildman–Crippen MR) is 62.6 cm³/mol. The van der Waals surface area contributed by atoms with Gasteiger partial charge in [0, 0.05) is 13.2 Å². The highest BCUT2D eigenvalue weighted by atomic mass is 16.5. The molecule has 0 aliphatic carbocycles. The Morgan fingerprint density at radius 2 is 1.93 bits per heavy atom. The molecule has 2 nitrogen and oxygen atoms in total. The van der Waals surface area contributed by atoms with E-state index in [2.05, 4.69) is 39.9 Å². The summed E-state index contributed by atoms with van der Waals surface area (Å²) in [6, 6.07) is 0. The standard InChI is InChI=1S/C12H27NO/c1-6-12(5,10-13-7-2)8-9-14-11(3)4/h11,13H,6-10H2,1-5H3. The van der Waals surface area contributed by atoms with Gasteiger partial charge in [-0.25, -0.2) is 0 Å². The molecule has 0 aromatic heterocycles. The summed E-state index contributed by atoms with van der Waals surface area (Å²) in [7, 11) is 0. The van der Waals surface area contributed by atoms with E-state index < -0.39 is 0 Å². The second kappa shape index (κ2) is 7.24. The summed E-state index contributed by atoms with van der Waals surface area (Å²) in [6.45, 7) is 14.0. The quantitative estimate of drug-likeness (QED) is 0.652. The molecule has 1 atom stereocenters. The fraction of sp³-hybridized carbons (Fsp3) is 1.00. The van der Waals surface area contributed by atoms with Gasteiger partial charge in [0.25, 0.3) is 0 Å². The Bertz CT molecular complexity index is 136. The predicted octanol–water partition coefficient (Wildman–Crippen LogP) is 2.83. The second-order valence-corrected chi connectivity index (χ2v) is 4.61. The fourth-order valence-electron chi connectivity index (χ4n) is 1.36. The van der Waals surface area contributed by atoms with Gasteiger partial charge in [-0.3, -0.25) is 0 Å². The van der Waals surface area contributed by atoms with Gasteiger partial charge in [0.15, 0.2) is 0 Å². The molecule has 2 heteroatoms. The van der Waals surface area contributed by atoms with Crippen LogP contribution in [0, 0.1) is 5.41 Å². The first-order valence-electron chi connectivity index (χ1n) is 5.86. The zero-order chi connectivity index (χ0) is 11.0. The monoisotopic (exact) mass is 201 g/mol. The van der Waals surface area contributed by atoms with Crippen molar-refractivity contribution in [1.29, 1.82) is 0 Å². The Morgan fingerprint density at radius 3 is 2.36 bits per heavy atom. The Morgan fingerprint density at radius 1 is 1.29 bits per heavy atom. The van der Waals surface area contributed by atoms with Gasteiger partial charge in [0.1, 0.15) is 0 Å². The maximum atomic E-state index is 5.59. The smallest absolute Gasteiger partial charge is 0.0518 e. The highest BCUT2D eigenvalue weighted by Crippen LogP contribution is 2.24. The lowest BCUT2D eigenvalue weighted by atomic mass is 9.84. The zero-order valence-corrected chi connectivity index (χ0v) is 10.5. The molecule has 1 unspecified atom stereocenters. The summed E-state index contributed by atoms with van der Waals surface area (Å²) in [4.78, 5) is 0. The van der Waals surface area contributed by atoms with E-state index in [1.165, 1.54) is 6.42 Å². The van der Waals surface area contributed by atoms with E-state index in [1.54, 1.807) is 0 Å². The average Bonchev–Trinajstić information content (AvgIpc) is 2.14. The molecule has 0 aliphatic rings. The van der Waals surface area contributed by atoms with E-state index in [0.717, 1.165) is 26.1 Å². The lowest BCUT2D eigenvalue weighted by molar-refractivity contribution is 0.0532. The molecule has 14 heavy (non-hydrogen) atoms. The summed E-state index contributed by atoms with van der Waals surface area (Å²) in [5.41, 5.74) is 0.394. The number of nitrogens with one attached hydrogen (secondary N) is 1. The maximum absolute atomic E-state index is 5.59. The number of hydrogen-bond acceptors (Lipinski definition) is 2. The van der Waals surface area contributed by atoms with Crippen molar-refractivity contribution in [2.45, 2.75) is 53.6 Å². The minimum Gasteiger partial charge on any atom is -0.379 e. The van der Waals surface area contributed by atoms with E-state index >= 15 is 0 Å². The van der Waals surface area contributed by atoms with Crippen molar-refractivity contribution in [3.05, 3.63) is 0 Å². The normalized spacial score (nSPS) is 15.9. The zero-order valence-electron chi connectivity index (χ0n) is 10.5. The van der Waals surface area contributed by atoms with Gasteiger partial charge in [-0.15, -0.1) is 0 Å². The largest absolute Gasteiger partial charge is 0.379 e. The SMILES string of the molecule is CCNCC(C)(CC)CCOC(C)C. The third-order valence-corrected chi connectivity index (χ3v) is 2.81. The molecule has 0 aliphatic heterocycles. The van der Waals surface area contributed by atoms with Crippen LogP contribution < -0.4 is 5.32 Å². The van der Waals surface area contributed by atoms with Gasteiger partial charge < -0.3 is 10.1 Å². The van der Waals surface area contributed by atoms with E-state index in [1.807, 2.05) is 0 Å². The van der Waals surface area contributed by atoms with Gasteiger partial charge in [0.05, 0.1) is 6.10 Å². The molecule has 0 aromatic rings. The first-order valence-corrected chi connectivity index (χ1v) is 5.86. The molecule has 0 saturated heterocycles. The Labute approximate surface area is 89.4 Å². The van der Waals surface area contributed by atoms with Crippen LogP contribution in [0.15, 0.2) is 0 Å². The first-order chi connectivity index (χ1) is 6.54. The van der Waals surface area contributed by atoms with Crippen LogP contribution in [0.1, 0.15) is 47.5 Å². The average molecular weight is 201 g/mol. The summed E-state index contributed by atoms with van der Waals surface area (Å²) >= 11 is 0. The van der Waals surface area contributed by atoms with Crippen LogP contribution in [-0.4, -0.2) is 25.8 Å². The van der Waals surface area contributed by atoms with Crippen LogP contribution >= 0.6 is 0 Å². The van der Waals surface area contributed by atoms with Gasteiger partial charge in [-0.1, -0.05) is 20.8 Å². The third-order valence-electron chi connectivity index (χ3n) is 2.81. The van der Waals surface area contributed by atoms with Crippen LogP contribution in [0.25, 0.3) is 0 Å². The van der Waals surface area contributed by atoms with E-state index in [4.69, 9.17) is 4.74 Å². The van der Waals surface area contributed by atoms with Crippen molar-refractivity contribution >= 4 is 0 Å². The second-order valence-electron chi connectivity index (χ2n) is 4.61. The van der Waals surface area contributed by atoms with Crippen molar-refractivity contribution in [1.82, 2.24) is 5.32 Å². The van der Waals surface area contributed by atoms with Gasteiger partial charge in [-0.2, -0.15) is 0 Å². The molecule has 1 N–H and O–H groups in total. The Balaban J connectivity index is 3.74. The van der Waals surface area contributed by atoms with E-state index in [-0.39, 0.29) is 0 Å². The Hall–Kier alpha value is -0.0800. The summed E-state index contributed by atoms with van der Waals surface area (Å²) < 4.78 is 5.59. The van der Waals surface area contributed by atoms with Crippen LogP contribution in [-0.2, 0) is 4.74 Å². The summed E-state index contributed by atoms with van der Waals surface area (Å²) in [5.74, 6) is 0. The molecular formula is C12H27NO. The molecule has 0 aromatic carbocycles. The van der Waals surface area contributed by atoms with Crippen LogP contribution in [0.4, 0.5) is 0 Å². The molecule has 0 bridgehead atoms. The van der Waals surface area contributed by atoms with Crippen molar-refractivity contribution in [2.75, 3.05) is 19.7 Å². The minimum absolute atomic E-state index is 0.357. The molecule has 0 radical (unpaired) electrons. The van der Waals surface area contributed by atoms with Crippen molar-refractivity contribution in [2.24, 2.45) is 5.41 Å². The van der Waals surface area contributed by atoms with E-state index in [0.29, 0.717) is 11.5 Å². The third kappa shape index (κ3) is 6.39. The molecule has 0 heterocycles. The fourth-order valence-corrected chi connectivity index (χ4v) is 1.36. The van der Waals surface area contributed by atoms with Gasteiger partial charge in [-0.05, 0) is 38.6 Å². The van der Waals surface area contributed by atoms with Gasteiger partial charge in [0.2, 0.25) is 0 Å². The highest BCUT2D eigenvalue weighted by molar-refractivity contribution is 4.74. The van der Waals surface area contributed by atoms with Crippen molar-refractivity contribution in [3.8, 4) is 0 Å². The molecule has 0 saturated carbocycles. The maximum Gasteiger partial charge on any atom is 0.0518 e. The van der Waals surface area contributed by atoms with Crippen LogP contribution in [0.2, 0.25) is 0 Å². The van der Waals surface area contributed by atoms with Crippen LogP contribution in [0.3, 0.4) is 0 Å². The lowest BCUT2D eigenvalue weighted by Gasteiger charge is -2.28. The molecule has 0 fully saturated rings. The molecular weight excluding hydrogens is 174 g/mol. The molecule has 0 spiro atoms. The molecule has 0 rings (SSSR count). The minimum atomic E-state index is 0.357. The first kappa shape index (κ1) is 13.9. The van der Waals surface area contributed by atoms with Crippen molar-refractivity contribution < 1.29 is 4.74 Å². The number of rotatable bonds is 8. The summed E-state index contributed by atoms with van der Waals surface area (Å²) in [5, 5.41) is 3.42. The van der Waals surface area contributed by atoms with Crippen LogP contribution in [0.5, 0.6) is 0 Å².